The van der Waals surface area contributed by atoms with Crippen LogP contribution in [-0.4, -0.2) is 41.2 Å². The fourth-order valence-corrected chi connectivity index (χ4v) is 5.99. The van der Waals surface area contributed by atoms with E-state index in [1.165, 1.54) is 0 Å². The zero-order valence-corrected chi connectivity index (χ0v) is 19.1. The van der Waals surface area contributed by atoms with Crippen molar-refractivity contribution in [2.45, 2.75) is 38.6 Å². The zero-order valence-electron chi connectivity index (χ0n) is 19.1. The first-order chi connectivity index (χ1) is 16.4. The van der Waals surface area contributed by atoms with E-state index in [2.05, 4.69) is 5.32 Å². The van der Waals surface area contributed by atoms with Crippen molar-refractivity contribution in [3.63, 3.8) is 0 Å². The third kappa shape index (κ3) is 4.00. The van der Waals surface area contributed by atoms with Crippen molar-refractivity contribution < 1.29 is 23.9 Å². The summed E-state index contributed by atoms with van der Waals surface area (Å²) >= 11 is 0. The number of imide groups is 1. The Morgan fingerprint density at radius 3 is 2.24 bits per heavy atom. The molecule has 5 atom stereocenters. The molecule has 3 fully saturated rings. The molecule has 1 N–H and O–H groups in total. The van der Waals surface area contributed by atoms with Crippen LogP contribution in [0.1, 0.15) is 30.4 Å². The zero-order chi connectivity index (χ0) is 23.8. The monoisotopic (exact) mass is 460 g/mol. The van der Waals surface area contributed by atoms with E-state index in [-0.39, 0.29) is 41.9 Å². The Kier molecular flexibility index (Phi) is 5.94. The van der Waals surface area contributed by atoms with Crippen LogP contribution in [0.25, 0.3) is 0 Å². The van der Waals surface area contributed by atoms with Crippen LogP contribution in [0.2, 0.25) is 0 Å². The molecule has 0 aromatic heterocycles. The Bertz CT molecular complexity index is 1100. The minimum atomic E-state index is -1.08. The molecular weight excluding hydrogens is 432 g/mol. The summed E-state index contributed by atoms with van der Waals surface area (Å²) in [5.41, 5.74) is 2.34. The smallest absolute Gasteiger partial charge is 0.330 e. The second kappa shape index (κ2) is 9.05. The van der Waals surface area contributed by atoms with Gasteiger partial charge in [-0.1, -0.05) is 48.5 Å². The molecular formula is C27H28N2O5. The lowest BCUT2D eigenvalue weighted by Crippen LogP contribution is -2.48. The van der Waals surface area contributed by atoms with E-state index >= 15 is 0 Å². The van der Waals surface area contributed by atoms with E-state index in [0.717, 1.165) is 35.3 Å². The number of benzene rings is 2. The molecule has 2 bridgehead atoms. The fourth-order valence-electron chi connectivity index (χ4n) is 5.99. The van der Waals surface area contributed by atoms with Gasteiger partial charge in [-0.15, -0.1) is 0 Å². The molecule has 1 heterocycles. The van der Waals surface area contributed by atoms with Gasteiger partial charge in [0.2, 0.25) is 11.8 Å². The molecule has 1 aliphatic heterocycles. The number of nitrogens with one attached hydrogen (secondary N) is 1. The molecule has 3 aliphatic rings. The molecule has 34 heavy (non-hydrogen) atoms. The fraction of sp³-hybridized carbons (Fsp3) is 0.407. The first-order valence-corrected chi connectivity index (χ1v) is 11.9. The normalized spacial score (nSPS) is 25.9. The Morgan fingerprint density at radius 2 is 1.59 bits per heavy atom. The van der Waals surface area contributed by atoms with Crippen molar-refractivity contribution in [2.75, 3.05) is 11.9 Å². The molecule has 176 valence electrons. The first kappa shape index (κ1) is 22.3. The van der Waals surface area contributed by atoms with Gasteiger partial charge in [0.1, 0.15) is 6.04 Å². The van der Waals surface area contributed by atoms with Crippen LogP contribution in [0.5, 0.6) is 0 Å². The molecule has 1 saturated heterocycles. The van der Waals surface area contributed by atoms with Gasteiger partial charge < -0.3 is 10.1 Å². The van der Waals surface area contributed by atoms with Crippen LogP contribution < -0.4 is 5.32 Å². The second-order valence-corrected chi connectivity index (χ2v) is 9.61. The van der Waals surface area contributed by atoms with Gasteiger partial charge in [-0.2, -0.15) is 0 Å². The summed E-state index contributed by atoms with van der Waals surface area (Å²) in [5.74, 6) is -1.92. The average Bonchev–Trinajstić information content (AvgIpc) is 3.52. The van der Waals surface area contributed by atoms with Gasteiger partial charge in [0.05, 0.1) is 11.8 Å². The van der Waals surface area contributed by atoms with Crippen LogP contribution in [-0.2, 0) is 30.3 Å². The summed E-state index contributed by atoms with van der Waals surface area (Å²) in [6.07, 6.45) is 3.01. The predicted octanol–water partition coefficient (Wildman–Crippen LogP) is 3.12. The van der Waals surface area contributed by atoms with Gasteiger partial charge in [-0.25, -0.2) is 4.79 Å². The average molecular weight is 461 g/mol. The summed E-state index contributed by atoms with van der Waals surface area (Å²) in [4.78, 5) is 53.5. The van der Waals surface area contributed by atoms with E-state index in [4.69, 9.17) is 4.74 Å². The van der Waals surface area contributed by atoms with E-state index in [9.17, 15) is 19.2 Å². The van der Waals surface area contributed by atoms with E-state index in [1.54, 1.807) is 12.1 Å². The molecule has 3 amide bonds. The number of esters is 1. The second-order valence-electron chi connectivity index (χ2n) is 9.61. The molecule has 0 radical (unpaired) electrons. The lowest BCUT2D eigenvalue weighted by atomic mass is 9.81. The summed E-state index contributed by atoms with van der Waals surface area (Å²) < 4.78 is 5.35. The van der Waals surface area contributed by atoms with E-state index in [0.29, 0.717) is 5.69 Å². The van der Waals surface area contributed by atoms with Gasteiger partial charge >= 0.3 is 5.97 Å². The minimum Gasteiger partial charge on any atom is -0.454 e. The van der Waals surface area contributed by atoms with Crippen molar-refractivity contribution in [2.24, 2.45) is 23.7 Å². The van der Waals surface area contributed by atoms with Gasteiger partial charge in [0, 0.05) is 12.1 Å². The van der Waals surface area contributed by atoms with Crippen molar-refractivity contribution >= 4 is 29.4 Å². The minimum absolute atomic E-state index is 0.158. The van der Waals surface area contributed by atoms with Gasteiger partial charge in [-0.3, -0.25) is 19.3 Å². The van der Waals surface area contributed by atoms with Crippen molar-refractivity contribution in [1.29, 1.82) is 0 Å². The van der Waals surface area contributed by atoms with Crippen LogP contribution in [0.3, 0.4) is 0 Å². The molecule has 2 saturated carbocycles. The Hall–Kier alpha value is -3.48. The van der Waals surface area contributed by atoms with E-state index in [1.807, 2.05) is 49.4 Å². The topological polar surface area (TPSA) is 92.8 Å². The molecule has 7 nitrogen and oxygen atoms in total. The number of aryl methyl sites for hydroxylation is 1. The molecule has 0 spiro atoms. The quantitative estimate of drug-likeness (QED) is 0.506. The van der Waals surface area contributed by atoms with Crippen LogP contribution in [0, 0.1) is 30.6 Å². The van der Waals surface area contributed by atoms with Crippen LogP contribution in [0.15, 0.2) is 54.6 Å². The van der Waals surface area contributed by atoms with Gasteiger partial charge in [0.25, 0.3) is 5.91 Å². The number of rotatable bonds is 7. The summed E-state index contributed by atoms with van der Waals surface area (Å²) in [5, 5.41) is 2.73. The summed E-state index contributed by atoms with van der Waals surface area (Å²) in [6, 6.07) is 15.5. The maximum Gasteiger partial charge on any atom is 0.330 e. The Labute approximate surface area is 198 Å². The first-order valence-electron chi connectivity index (χ1n) is 11.9. The number of carbonyl (C=O) groups is 4. The number of fused-ring (bicyclic) bond motifs is 5. The third-order valence-electron chi connectivity index (χ3n) is 7.58. The third-order valence-corrected chi connectivity index (χ3v) is 7.58. The maximum atomic E-state index is 13.4. The summed E-state index contributed by atoms with van der Waals surface area (Å²) in [7, 11) is 0. The highest BCUT2D eigenvalue weighted by molar-refractivity contribution is 6.08. The maximum absolute atomic E-state index is 13.4. The van der Waals surface area contributed by atoms with Crippen molar-refractivity contribution in [1.82, 2.24) is 4.90 Å². The highest BCUT2D eigenvalue weighted by atomic mass is 16.5. The largest absolute Gasteiger partial charge is 0.454 e. The lowest BCUT2D eigenvalue weighted by molar-refractivity contribution is -0.160. The standard InChI is InChI=1S/C27H28N2O5/c1-16-7-5-6-10-20(16)28-22(30)15-34-27(33)21(13-17-8-3-2-4-9-17)29-25(31)23-18-11-12-19(14-18)24(23)26(29)32/h2-10,18-19,21,23-24H,11-15H2,1H3,(H,28,30)/t18-,19-,21-,23-,24-/m0/s1. The van der Waals surface area contributed by atoms with Crippen LogP contribution >= 0.6 is 0 Å². The number of amides is 3. The lowest BCUT2D eigenvalue weighted by Gasteiger charge is -2.26. The highest BCUT2D eigenvalue weighted by Gasteiger charge is 2.62. The van der Waals surface area contributed by atoms with Crippen LogP contribution in [0.4, 0.5) is 5.69 Å². The van der Waals surface area contributed by atoms with Gasteiger partial charge in [-0.05, 0) is 55.2 Å². The van der Waals surface area contributed by atoms with Crippen molar-refractivity contribution in [3.8, 4) is 0 Å². The number of carbonyl (C=O) groups excluding carboxylic acids is 4. The number of anilines is 1. The molecule has 2 aliphatic carbocycles. The SMILES string of the molecule is Cc1ccccc1NC(=O)COC(=O)[C@H](Cc1ccccc1)N1C(=O)[C@H]2[C@H]3CC[C@@H](C3)[C@@H]2C1=O. The number of hydrogen-bond acceptors (Lipinski definition) is 5. The predicted molar refractivity (Wildman–Crippen MR) is 124 cm³/mol. The van der Waals surface area contributed by atoms with Gasteiger partial charge in [0.15, 0.2) is 6.61 Å². The number of hydrogen-bond donors (Lipinski definition) is 1. The summed E-state index contributed by atoms with van der Waals surface area (Å²) in [6.45, 7) is 1.37. The number of nitrogens with zero attached hydrogens (tertiary/aromatic N) is 1. The molecule has 0 unspecified atom stereocenters. The molecule has 5 rings (SSSR count). The molecule has 2 aromatic carbocycles. The Balaban J connectivity index is 1.32. The number of likely N-dealkylation sites (tertiary alicyclic amines) is 1. The van der Waals surface area contributed by atoms with E-state index < -0.39 is 24.5 Å². The number of para-hydroxylation sites is 1. The Morgan fingerprint density at radius 1 is 0.971 bits per heavy atom. The molecule has 2 aromatic rings. The number of ether oxygens (including phenoxy) is 1. The molecule has 7 heteroatoms. The van der Waals surface area contributed by atoms with Crippen molar-refractivity contribution in [3.05, 3.63) is 65.7 Å². The highest BCUT2D eigenvalue weighted by Crippen LogP contribution is 2.56.